The molecule has 3 aromatic heterocycles. The number of aromatic nitrogens is 5. The van der Waals surface area contributed by atoms with E-state index >= 15 is 0 Å². The van der Waals surface area contributed by atoms with Crippen molar-refractivity contribution in [2.45, 2.75) is 39.3 Å². The number of imidazole rings is 1. The number of H-pyrrole nitrogens is 1. The number of hydrogen-bond donors (Lipinski definition) is 2. The quantitative estimate of drug-likeness (QED) is 0.304. The van der Waals surface area contributed by atoms with Crippen LogP contribution in [0.25, 0.3) is 22.4 Å². The molecule has 6 rings (SSSR count). The van der Waals surface area contributed by atoms with Gasteiger partial charge in [-0.2, -0.15) is 0 Å². The van der Waals surface area contributed by atoms with Crippen molar-refractivity contribution in [2.75, 3.05) is 7.05 Å². The molecule has 0 spiro atoms. The van der Waals surface area contributed by atoms with Crippen LogP contribution in [-0.4, -0.2) is 37.0 Å². The summed E-state index contributed by atoms with van der Waals surface area (Å²) in [5.74, 6) is 0.222. The summed E-state index contributed by atoms with van der Waals surface area (Å²) < 4.78 is 17.0. The highest BCUT2D eigenvalue weighted by atomic mass is 19.1. The molecule has 41 heavy (non-hydrogen) atoms. The average molecular weight is 553 g/mol. The number of carbonyl (C=O) groups excluding carboxylic acids is 1. The minimum absolute atomic E-state index is 0.161. The molecule has 1 amide bonds. The minimum atomic E-state index is -0.526. The Morgan fingerprint density at radius 1 is 1.10 bits per heavy atom. The summed E-state index contributed by atoms with van der Waals surface area (Å²) in [4.78, 5) is 51.6. The van der Waals surface area contributed by atoms with Gasteiger partial charge in [-0.1, -0.05) is 42.5 Å². The zero-order valence-corrected chi connectivity index (χ0v) is 22.8. The summed E-state index contributed by atoms with van der Waals surface area (Å²) in [6, 6.07) is 15.6. The van der Waals surface area contributed by atoms with Crippen molar-refractivity contribution in [2.24, 2.45) is 5.92 Å². The van der Waals surface area contributed by atoms with E-state index in [-0.39, 0.29) is 23.5 Å². The molecule has 5 aromatic rings. The van der Waals surface area contributed by atoms with E-state index in [9.17, 15) is 18.8 Å². The van der Waals surface area contributed by atoms with Gasteiger partial charge < -0.3 is 10.3 Å². The van der Waals surface area contributed by atoms with E-state index in [2.05, 4.69) is 20.3 Å². The number of amides is 1. The Kier molecular flexibility index (Phi) is 6.82. The van der Waals surface area contributed by atoms with Crippen molar-refractivity contribution in [3.63, 3.8) is 0 Å². The first-order valence-electron chi connectivity index (χ1n) is 13.6. The number of carbonyl (C=O) groups is 1. The number of aromatic amines is 1. The second-order valence-electron chi connectivity index (χ2n) is 10.6. The number of halogens is 1. The van der Waals surface area contributed by atoms with Crippen LogP contribution >= 0.6 is 0 Å². The normalized spacial score (nSPS) is 13.0. The van der Waals surface area contributed by atoms with Crippen molar-refractivity contribution < 1.29 is 9.18 Å². The molecule has 2 aromatic carbocycles. The van der Waals surface area contributed by atoms with Crippen molar-refractivity contribution in [3.05, 3.63) is 116 Å². The van der Waals surface area contributed by atoms with Crippen LogP contribution in [0.5, 0.6) is 0 Å². The summed E-state index contributed by atoms with van der Waals surface area (Å²) >= 11 is 0. The maximum absolute atomic E-state index is 14.4. The number of aryl methyl sites for hydroxylation is 1. The number of hydrogen-bond acceptors (Lipinski definition) is 5. The Labute approximate surface area is 234 Å². The van der Waals surface area contributed by atoms with Crippen molar-refractivity contribution in [3.8, 4) is 11.3 Å². The van der Waals surface area contributed by atoms with E-state index in [4.69, 9.17) is 0 Å². The number of nitrogens with zero attached hydrogens (tertiary/aromatic N) is 4. The largest absolute Gasteiger partial charge is 0.355 e. The van der Waals surface area contributed by atoms with E-state index in [0.29, 0.717) is 41.6 Å². The van der Waals surface area contributed by atoms with Gasteiger partial charge in [0.05, 0.1) is 17.8 Å². The van der Waals surface area contributed by atoms with Crippen molar-refractivity contribution in [1.82, 2.24) is 29.4 Å². The summed E-state index contributed by atoms with van der Waals surface area (Å²) in [7, 11) is 1.59. The van der Waals surface area contributed by atoms with Gasteiger partial charge in [-0.3, -0.25) is 23.7 Å². The van der Waals surface area contributed by atoms with Crippen LogP contribution in [0.1, 0.15) is 45.7 Å². The van der Waals surface area contributed by atoms with Crippen molar-refractivity contribution in [1.29, 1.82) is 0 Å². The Morgan fingerprint density at radius 2 is 1.85 bits per heavy atom. The number of pyridine rings is 1. The number of fused-ring (bicyclic) bond motifs is 1. The van der Waals surface area contributed by atoms with Gasteiger partial charge in [0.2, 0.25) is 0 Å². The predicted octanol–water partition coefficient (Wildman–Crippen LogP) is 3.80. The van der Waals surface area contributed by atoms with Crippen LogP contribution in [0.15, 0.2) is 70.4 Å². The Balaban J connectivity index is 1.34. The molecule has 10 heteroatoms. The van der Waals surface area contributed by atoms with Crippen LogP contribution in [0, 0.1) is 18.7 Å². The SMILES string of the molecule is CNC(=O)c1cc(C)cnc1-c1ccc(Cc2nc3c([nH]2)c(=O)n(Cc2ccccc2F)c(=O)n3CC2CC2)cc1. The maximum Gasteiger partial charge on any atom is 0.333 e. The fraction of sp³-hybridized carbons (Fsp3) is 0.258. The van der Waals surface area contributed by atoms with Crippen molar-refractivity contribution >= 4 is 17.1 Å². The molecule has 0 aliphatic heterocycles. The van der Waals surface area contributed by atoms with Gasteiger partial charge in [-0.15, -0.1) is 0 Å². The monoisotopic (exact) mass is 552 g/mol. The Hall–Kier alpha value is -4.86. The first-order valence-corrected chi connectivity index (χ1v) is 13.6. The molecule has 2 N–H and O–H groups in total. The molecule has 1 fully saturated rings. The molecule has 1 aliphatic rings. The van der Waals surface area contributed by atoms with Gasteiger partial charge in [-0.25, -0.2) is 14.2 Å². The van der Waals surface area contributed by atoms with Gasteiger partial charge >= 0.3 is 5.69 Å². The number of benzene rings is 2. The number of rotatable bonds is 8. The zero-order chi connectivity index (χ0) is 28.7. The third kappa shape index (κ3) is 5.20. The predicted molar refractivity (Wildman–Crippen MR) is 153 cm³/mol. The Morgan fingerprint density at radius 3 is 2.56 bits per heavy atom. The molecular weight excluding hydrogens is 523 g/mol. The highest BCUT2D eigenvalue weighted by Gasteiger charge is 2.26. The van der Waals surface area contributed by atoms with Gasteiger partial charge in [0.1, 0.15) is 17.2 Å². The van der Waals surface area contributed by atoms with Crippen LogP contribution < -0.4 is 16.6 Å². The minimum Gasteiger partial charge on any atom is -0.355 e. The second kappa shape index (κ2) is 10.6. The number of nitrogens with one attached hydrogen (secondary N) is 2. The molecule has 0 bridgehead atoms. The highest BCUT2D eigenvalue weighted by molar-refractivity contribution is 5.99. The molecular formula is C31H29FN6O3. The second-order valence-corrected chi connectivity index (χ2v) is 10.6. The molecule has 0 saturated heterocycles. The van der Waals surface area contributed by atoms with Gasteiger partial charge in [0.15, 0.2) is 5.65 Å². The van der Waals surface area contributed by atoms with Crippen LogP contribution in [0.4, 0.5) is 4.39 Å². The first kappa shape index (κ1) is 26.4. The first-order chi connectivity index (χ1) is 19.8. The standard InChI is InChI=1S/C31H29FN6O3/c1-18-13-23(29(39)33-2)26(34-15-18)21-11-9-19(10-12-21)14-25-35-27-28(36-25)37(16-20-7-8-20)31(41)38(30(27)40)17-22-5-3-4-6-24(22)32/h3-6,9-13,15,20H,7-8,14,16-17H2,1-2H3,(H,33,39)(H,35,36). The van der Waals surface area contributed by atoms with Gasteiger partial charge in [0.25, 0.3) is 11.5 Å². The molecule has 1 aliphatic carbocycles. The van der Waals surface area contributed by atoms with E-state index < -0.39 is 17.1 Å². The third-order valence-electron chi connectivity index (χ3n) is 7.43. The summed E-state index contributed by atoms with van der Waals surface area (Å²) in [5, 5.41) is 2.66. The van der Waals surface area contributed by atoms with Crippen LogP contribution in [0.3, 0.4) is 0 Å². The van der Waals surface area contributed by atoms with E-state index in [1.807, 2.05) is 37.3 Å². The van der Waals surface area contributed by atoms with Gasteiger partial charge in [-0.05, 0) is 48.9 Å². The molecule has 1 saturated carbocycles. The van der Waals surface area contributed by atoms with Gasteiger partial charge in [0, 0.05) is 37.3 Å². The third-order valence-corrected chi connectivity index (χ3v) is 7.43. The Bertz CT molecular complexity index is 1900. The maximum atomic E-state index is 14.4. The molecule has 208 valence electrons. The lowest BCUT2D eigenvalue weighted by atomic mass is 10.0. The molecule has 0 radical (unpaired) electrons. The van der Waals surface area contributed by atoms with E-state index in [1.54, 1.807) is 36.0 Å². The lowest BCUT2D eigenvalue weighted by Gasteiger charge is -2.11. The summed E-state index contributed by atoms with van der Waals surface area (Å²) in [6.45, 7) is 2.19. The van der Waals surface area contributed by atoms with E-state index in [0.717, 1.165) is 34.1 Å². The average Bonchev–Trinajstić information content (AvgIpc) is 3.71. The fourth-order valence-electron chi connectivity index (χ4n) is 5.04. The van der Waals surface area contributed by atoms with E-state index in [1.165, 1.54) is 6.07 Å². The van der Waals surface area contributed by atoms with Crippen LogP contribution in [-0.2, 0) is 19.5 Å². The lowest BCUT2D eigenvalue weighted by molar-refractivity contribution is 0.0963. The zero-order valence-electron chi connectivity index (χ0n) is 22.8. The summed E-state index contributed by atoms with van der Waals surface area (Å²) in [6.07, 6.45) is 4.15. The topological polar surface area (TPSA) is 115 Å². The summed E-state index contributed by atoms with van der Waals surface area (Å²) in [5.41, 5.74) is 3.50. The lowest BCUT2D eigenvalue weighted by Crippen LogP contribution is -2.40. The molecule has 0 atom stereocenters. The fourth-order valence-corrected chi connectivity index (χ4v) is 5.04. The van der Waals surface area contributed by atoms with Crippen LogP contribution in [0.2, 0.25) is 0 Å². The highest BCUT2D eigenvalue weighted by Crippen LogP contribution is 2.31. The molecule has 0 unspecified atom stereocenters. The smallest absolute Gasteiger partial charge is 0.333 e. The molecule has 3 heterocycles. The molecule has 9 nitrogen and oxygen atoms in total.